The van der Waals surface area contributed by atoms with E-state index in [4.69, 9.17) is 10.3 Å². The Morgan fingerprint density at radius 1 is 1.27 bits per heavy atom. The fraction of sp³-hybridized carbons (Fsp3) is 0.417. The van der Waals surface area contributed by atoms with Gasteiger partial charge in [0, 0.05) is 18.0 Å². The Hall–Kier alpha value is -3.67. The third-order valence-electron chi connectivity index (χ3n) is 5.26. The Labute approximate surface area is 192 Å². The lowest BCUT2D eigenvalue weighted by atomic mass is 9.90. The zero-order valence-electron chi connectivity index (χ0n) is 19.7. The number of amides is 1. The number of nitrogens with two attached hydrogens (primary N) is 1. The molecule has 0 saturated carbocycles. The van der Waals surface area contributed by atoms with Gasteiger partial charge < -0.3 is 10.3 Å². The lowest BCUT2D eigenvalue weighted by Crippen LogP contribution is -2.19. The Kier molecular flexibility index (Phi) is 6.58. The second-order valence-electron chi connectivity index (χ2n) is 9.60. The zero-order chi connectivity index (χ0) is 24.5. The summed E-state index contributed by atoms with van der Waals surface area (Å²) in [6, 6.07) is 9.23. The van der Waals surface area contributed by atoms with Crippen molar-refractivity contribution >= 4 is 17.6 Å². The molecule has 0 aliphatic rings. The quantitative estimate of drug-likeness (QED) is 0.540. The van der Waals surface area contributed by atoms with Crippen LogP contribution in [0.25, 0.3) is 11.3 Å². The number of nitrogens with one attached hydrogen (secondary N) is 1. The lowest BCUT2D eigenvalue weighted by Gasteiger charge is -2.15. The highest BCUT2D eigenvalue weighted by Gasteiger charge is 2.25. The monoisotopic (exact) mass is 452 g/mol. The molecule has 2 heterocycles. The lowest BCUT2D eigenvalue weighted by molar-refractivity contribution is -0.117. The summed E-state index contributed by atoms with van der Waals surface area (Å²) in [5.74, 6) is -1.62. The van der Waals surface area contributed by atoms with E-state index >= 15 is 0 Å². The molecule has 8 nitrogen and oxygen atoms in total. The number of hydrogen-bond donors (Lipinski definition) is 2. The number of carbonyl (C=O) groups is 1. The van der Waals surface area contributed by atoms with Crippen LogP contribution in [0, 0.1) is 22.6 Å². The predicted molar refractivity (Wildman–Crippen MR) is 124 cm³/mol. The number of benzene rings is 1. The molecule has 3 rings (SSSR count). The minimum Gasteiger partial charge on any atom is -0.383 e. The van der Waals surface area contributed by atoms with Gasteiger partial charge >= 0.3 is 0 Å². The molecule has 1 aromatic carbocycles. The van der Waals surface area contributed by atoms with Gasteiger partial charge in [-0.3, -0.25) is 10.1 Å². The minimum atomic E-state index is -0.650. The highest BCUT2D eigenvalue weighted by molar-refractivity contribution is 5.94. The minimum absolute atomic E-state index is 0.00856. The number of nitrogens with zero attached hydrogens (tertiary/aromatic N) is 4. The average Bonchev–Trinajstić information content (AvgIpc) is 3.26. The van der Waals surface area contributed by atoms with Gasteiger partial charge in [-0.05, 0) is 31.7 Å². The second-order valence-corrected chi connectivity index (χ2v) is 9.60. The summed E-state index contributed by atoms with van der Waals surface area (Å²) in [5.41, 5.74) is 8.31. The van der Waals surface area contributed by atoms with E-state index in [1.807, 2.05) is 34.6 Å². The van der Waals surface area contributed by atoms with Crippen molar-refractivity contribution in [3.8, 4) is 17.3 Å². The van der Waals surface area contributed by atoms with Crippen molar-refractivity contribution in [3.63, 3.8) is 0 Å². The van der Waals surface area contributed by atoms with Gasteiger partial charge in [0.25, 0.3) is 5.88 Å². The molecule has 174 valence electrons. The first-order chi connectivity index (χ1) is 15.4. The molecule has 2 aromatic heterocycles. The van der Waals surface area contributed by atoms with Crippen molar-refractivity contribution in [1.29, 1.82) is 5.26 Å². The van der Waals surface area contributed by atoms with Crippen LogP contribution in [-0.2, 0) is 11.2 Å². The summed E-state index contributed by atoms with van der Waals surface area (Å²) < 4.78 is 21.2. The third-order valence-corrected chi connectivity index (χ3v) is 5.26. The summed E-state index contributed by atoms with van der Waals surface area (Å²) in [6.45, 7) is 11.5. The molecule has 9 heteroatoms. The summed E-state index contributed by atoms with van der Waals surface area (Å²) in [5, 5.41) is 20.2. The number of anilines is 2. The molecule has 0 aliphatic carbocycles. The van der Waals surface area contributed by atoms with E-state index in [0.717, 1.165) is 0 Å². The number of aromatic nitrogens is 3. The van der Waals surface area contributed by atoms with Crippen molar-refractivity contribution in [3.05, 3.63) is 46.9 Å². The average molecular weight is 453 g/mol. The van der Waals surface area contributed by atoms with Crippen LogP contribution in [0.4, 0.5) is 16.1 Å². The van der Waals surface area contributed by atoms with E-state index in [1.165, 1.54) is 0 Å². The van der Waals surface area contributed by atoms with Gasteiger partial charge in [0.15, 0.2) is 0 Å². The van der Waals surface area contributed by atoms with Gasteiger partial charge in [0.1, 0.15) is 28.8 Å². The zero-order valence-corrected chi connectivity index (χ0v) is 19.7. The topological polar surface area (TPSA) is 123 Å². The Balaban J connectivity index is 1.78. The van der Waals surface area contributed by atoms with Crippen molar-refractivity contribution in [1.82, 2.24) is 14.9 Å². The molecule has 0 spiro atoms. The molecule has 0 saturated heterocycles. The SMILES string of the molecule is CC(C(=O)Nc1onc(CC(C)(C)C)c1F)c1ccc(-c2nn(C(C)C)c(N)c2C#N)cc1. The fourth-order valence-corrected chi connectivity index (χ4v) is 3.46. The van der Waals surface area contributed by atoms with Gasteiger partial charge in [0.2, 0.25) is 11.7 Å². The number of halogens is 1. The van der Waals surface area contributed by atoms with Crippen molar-refractivity contribution in [2.24, 2.45) is 5.41 Å². The number of nitrogen functional groups attached to an aromatic ring is 1. The summed E-state index contributed by atoms with van der Waals surface area (Å²) in [6.07, 6.45) is 0.386. The van der Waals surface area contributed by atoms with Gasteiger partial charge in [-0.2, -0.15) is 14.8 Å². The number of rotatable bonds is 6. The molecule has 0 radical (unpaired) electrons. The van der Waals surface area contributed by atoms with Gasteiger partial charge in [0.05, 0.1) is 5.92 Å². The van der Waals surface area contributed by atoms with E-state index < -0.39 is 17.6 Å². The molecule has 1 amide bonds. The Morgan fingerprint density at radius 3 is 2.45 bits per heavy atom. The van der Waals surface area contributed by atoms with Crippen LogP contribution in [0.5, 0.6) is 0 Å². The molecule has 0 bridgehead atoms. The van der Waals surface area contributed by atoms with Crippen LogP contribution in [0.15, 0.2) is 28.8 Å². The normalized spacial score (nSPS) is 12.6. The van der Waals surface area contributed by atoms with Crippen LogP contribution in [0.1, 0.15) is 70.3 Å². The summed E-state index contributed by atoms with van der Waals surface area (Å²) in [7, 11) is 0. The van der Waals surface area contributed by atoms with E-state index in [1.54, 1.807) is 35.9 Å². The maximum absolute atomic E-state index is 14.6. The number of hydrogen-bond acceptors (Lipinski definition) is 6. The van der Waals surface area contributed by atoms with Crippen LogP contribution >= 0.6 is 0 Å². The maximum atomic E-state index is 14.6. The van der Waals surface area contributed by atoms with Gasteiger partial charge in [-0.15, -0.1) is 0 Å². The van der Waals surface area contributed by atoms with Crippen LogP contribution in [0.3, 0.4) is 0 Å². The standard InChI is InChI=1S/C24H29FN6O2/c1-13(2)31-21(27)17(12-26)20(29-31)16-9-7-15(8-10-16)14(3)22(32)28-23-19(25)18(30-33-23)11-24(4,5)6/h7-10,13-14H,11,27H2,1-6H3,(H,28,32). The number of nitriles is 1. The highest BCUT2D eigenvalue weighted by atomic mass is 19.1. The van der Waals surface area contributed by atoms with E-state index in [2.05, 4.69) is 21.6 Å². The van der Waals surface area contributed by atoms with E-state index in [-0.39, 0.29) is 23.0 Å². The smallest absolute Gasteiger partial charge is 0.267 e. The van der Waals surface area contributed by atoms with E-state index in [0.29, 0.717) is 34.6 Å². The molecule has 0 aliphatic heterocycles. The molecule has 3 N–H and O–H groups in total. The summed E-state index contributed by atoms with van der Waals surface area (Å²) >= 11 is 0. The Bertz CT molecular complexity index is 1200. The maximum Gasteiger partial charge on any atom is 0.267 e. The largest absolute Gasteiger partial charge is 0.383 e. The van der Waals surface area contributed by atoms with Crippen LogP contribution in [0.2, 0.25) is 0 Å². The molecule has 0 fully saturated rings. The van der Waals surface area contributed by atoms with Crippen molar-refractivity contribution in [2.75, 3.05) is 11.1 Å². The number of carbonyl (C=O) groups excluding carboxylic acids is 1. The van der Waals surface area contributed by atoms with Crippen LogP contribution in [-0.4, -0.2) is 20.8 Å². The van der Waals surface area contributed by atoms with Crippen LogP contribution < -0.4 is 11.1 Å². The van der Waals surface area contributed by atoms with Gasteiger partial charge in [-0.25, -0.2) is 4.68 Å². The van der Waals surface area contributed by atoms with E-state index in [9.17, 15) is 14.4 Å². The summed E-state index contributed by atoms with van der Waals surface area (Å²) in [4.78, 5) is 12.7. The highest BCUT2D eigenvalue weighted by Crippen LogP contribution is 2.30. The Morgan fingerprint density at radius 2 is 1.91 bits per heavy atom. The molecule has 1 unspecified atom stereocenters. The second kappa shape index (κ2) is 9.06. The predicted octanol–water partition coefficient (Wildman–Crippen LogP) is 5.04. The van der Waals surface area contributed by atoms with Gasteiger partial charge in [-0.1, -0.05) is 50.2 Å². The molecular weight excluding hydrogens is 423 g/mol. The fourth-order valence-electron chi connectivity index (χ4n) is 3.46. The first kappa shape index (κ1) is 24.0. The molecule has 3 aromatic rings. The van der Waals surface area contributed by atoms with Crippen molar-refractivity contribution < 1.29 is 13.7 Å². The molecular formula is C24H29FN6O2. The first-order valence-corrected chi connectivity index (χ1v) is 10.8. The molecule has 33 heavy (non-hydrogen) atoms. The molecule has 1 atom stereocenters. The van der Waals surface area contributed by atoms with Crippen molar-refractivity contribution in [2.45, 2.75) is 59.9 Å². The first-order valence-electron chi connectivity index (χ1n) is 10.8. The third kappa shape index (κ3) is 5.06.